The Labute approximate surface area is 174 Å². The number of rotatable bonds is 5. The molecule has 3 N–H and O–H groups in total. The third-order valence-electron chi connectivity index (χ3n) is 6.06. The normalized spacial score (nSPS) is 24.8. The average molecular weight is 412 g/mol. The maximum atomic E-state index is 13.1. The van der Waals surface area contributed by atoms with Crippen molar-refractivity contribution in [3.63, 3.8) is 0 Å². The third-order valence-corrected chi connectivity index (χ3v) is 7.00. The van der Waals surface area contributed by atoms with Gasteiger partial charge in [-0.3, -0.25) is 14.9 Å². The Morgan fingerprint density at radius 3 is 2.48 bits per heavy atom. The summed E-state index contributed by atoms with van der Waals surface area (Å²) in [5.41, 5.74) is 1.49. The number of amides is 4. The lowest BCUT2D eigenvalue weighted by Crippen LogP contribution is -2.51. The van der Waals surface area contributed by atoms with E-state index in [0.29, 0.717) is 25.7 Å². The van der Waals surface area contributed by atoms with Crippen LogP contribution in [0.4, 0.5) is 4.79 Å². The zero-order valence-corrected chi connectivity index (χ0v) is 17.2. The molecule has 4 amide bonds. The molecule has 2 aromatic rings. The van der Waals surface area contributed by atoms with Crippen LogP contribution in [-0.4, -0.2) is 23.4 Å². The maximum absolute atomic E-state index is 13.1. The molecule has 1 aliphatic carbocycles. The minimum Gasteiger partial charge on any atom is -0.344 e. The lowest BCUT2D eigenvalue weighted by atomic mass is 9.76. The summed E-state index contributed by atoms with van der Waals surface area (Å²) in [5.74, 6) is -0.431. The fourth-order valence-corrected chi connectivity index (χ4v) is 5.04. The van der Waals surface area contributed by atoms with Crippen LogP contribution in [0.5, 0.6) is 0 Å². The van der Waals surface area contributed by atoms with Gasteiger partial charge in [0.05, 0.1) is 6.04 Å². The molecular formula is C22H25N3O3S. The van der Waals surface area contributed by atoms with Gasteiger partial charge in [0, 0.05) is 10.8 Å². The first-order chi connectivity index (χ1) is 14.0. The molecular weight excluding hydrogens is 386 g/mol. The predicted molar refractivity (Wildman–Crippen MR) is 111 cm³/mol. The van der Waals surface area contributed by atoms with Crippen molar-refractivity contribution in [2.45, 2.75) is 50.6 Å². The van der Waals surface area contributed by atoms with E-state index in [9.17, 15) is 14.4 Å². The Bertz CT molecular complexity index is 900. The lowest BCUT2D eigenvalue weighted by molar-refractivity contribution is -0.130. The minimum absolute atomic E-state index is 0.00236. The Morgan fingerprint density at radius 2 is 1.93 bits per heavy atom. The van der Waals surface area contributed by atoms with Crippen molar-refractivity contribution in [1.29, 1.82) is 0 Å². The molecule has 1 aromatic heterocycles. The molecule has 1 unspecified atom stereocenters. The highest BCUT2D eigenvalue weighted by Crippen LogP contribution is 2.35. The van der Waals surface area contributed by atoms with Gasteiger partial charge in [-0.1, -0.05) is 37.3 Å². The van der Waals surface area contributed by atoms with Crippen LogP contribution >= 0.6 is 11.3 Å². The number of hydrogen-bond acceptors (Lipinski definition) is 4. The summed E-state index contributed by atoms with van der Waals surface area (Å²) < 4.78 is 0. The van der Waals surface area contributed by atoms with Crippen LogP contribution in [0.25, 0.3) is 0 Å². The van der Waals surface area contributed by atoms with Crippen LogP contribution in [-0.2, 0) is 16.0 Å². The number of nitrogens with one attached hydrogen (secondary N) is 3. The van der Waals surface area contributed by atoms with Crippen LogP contribution in [0.15, 0.2) is 41.8 Å². The van der Waals surface area contributed by atoms with Gasteiger partial charge in [0.2, 0.25) is 5.91 Å². The quantitative estimate of drug-likeness (QED) is 0.660. The van der Waals surface area contributed by atoms with Crippen LogP contribution in [0.3, 0.4) is 0 Å². The number of hydrogen-bond donors (Lipinski definition) is 3. The minimum atomic E-state index is -0.836. The van der Waals surface area contributed by atoms with Gasteiger partial charge in [-0.15, -0.1) is 11.3 Å². The van der Waals surface area contributed by atoms with Gasteiger partial charge in [-0.25, -0.2) is 4.79 Å². The molecule has 1 aliphatic heterocycles. The van der Waals surface area contributed by atoms with E-state index in [1.165, 1.54) is 5.56 Å². The third kappa shape index (κ3) is 3.92. The number of imide groups is 1. The molecule has 2 heterocycles. The summed E-state index contributed by atoms with van der Waals surface area (Å²) in [5, 5.41) is 10.3. The summed E-state index contributed by atoms with van der Waals surface area (Å²) in [6.45, 7) is 2.12. The molecule has 2 fully saturated rings. The van der Waals surface area contributed by atoms with Crippen molar-refractivity contribution in [3.8, 4) is 0 Å². The second kappa shape index (κ2) is 7.99. The van der Waals surface area contributed by atoms with Crippen molar-refractivity contribution < 1.29 is 14.4 Å². The van der Waals surface area contributed by atoms with Crippen LogP contribution in [0, 0.1) is 5.92 Å². The SMILES string of the molecule is CCc1ccc(C(NC(=O)C2CCC3(CC2)NC(=O)NC3=O)c2cccs2)cc1. The Kier molecular flexibility index (Phi) is 5.41. The van der Waals surface area contributed by atoms with Gasteiger partial charge in [0.25, 0.3) is 5.91 Å². The molecule has 4 rings (SSSR count). The highest BCUT2D eigenvalue weighted by atomic mass is 32.1. The standard InChI is InChI=1S/C22H25N3O3S/c1-2-14-5-7-15(8-6-14)18(17-4-3-13-29-17)23-19(26)16-9-11-22(12-10-16)20(27)24-21(28)25-22/h3-8,13,16,18H,2,9-12H2,1H3,(H,23,26)(H2,24,25,27,28). The molecule has 1 saturated carbocycles. The van der Waals surface area contributed by atoms with E-state index < -0.39 is 11.6 Å². The van der Waals surface area contributed by atoms with Crippen molar-refractivity contribution >= 4 is 29.2 Å². The first kappa shape index (κ1) is 19.6. The van der Waals surface area contributed by atoms with E-state index in [4.69, 9.17) is 0 Å². The molecule has 1 spiro atoms. The second-order valence-electron chi connectivity index (χ2n) is 7.82. The van der Waals surface area contributed by atoms with Gasteiger partial charge in [0.1, 0.15) is 5.54 Å². The van der Waals surface area contributed by atoms with E-state index in [-0.39, 0.29) is 23.8 Å². The van der Waals surface area contributed by atoms with E-state index in [0.717, 1.165) is 16.9 Å². The number of aryl methyl sites for hydroxylation is 1. The molecule has 1 aromatic carbocycles. The van der Waals surface area contributed by atoms with E-state index in [2.05, 4.69) is 47.1 Å². The molecule has 7 heteroatoms. The molecule has 1 atom stereocenters. The van der Waals surface area contributed by atoms with Gasteiger partial charge < -0.3 is 10.6 Å². The fourth-order valence-electron chi connectivity index (χ4n) is 4.23. The summed E-state index contributed by atoms with van der Waals surface area (Å²) >= 11 is 1.63. The largest absolute Gasteiger partial charge is 0.344 e. The molecule has 1 saturated heterocycles. The van der Waals surface area contributed by atoms with Gasteiger partial charge in [0.15, 0.2) is 0 Å². The molecule has 0 radical (unpaired) electrons. The van der Waals surface area contributed by atoms with Gasteiger partial charge in [-0.2, -0.15) is 0 Å². The summed E-state index contributed by atoms with van der Waals surface area (Å²) in [4.78, 5) is 37.8. The number of thiophene rings is 1. The monoisotopic (exact) mass is 411 g/mol. The number of carbonyl (C=O) groups is 3. The average Bonchev–Trinajstić information content (AvgIpc) is 3.35. The highest BCUT2D eigenvalue weighted by Gasteiger charge is 2.49. The van der Waals surface area contributed by atoms with Crippen LogP contribution in [0.2, 0.25) is 0 Å². The predicted octanol–water partition coefficient (Wildman–Crippen LogP) is 3.28. The van der Waals surface area contributed by atoms with Crippen molar-refractivity contribution in [2.75, 3.05) is 0 Å². The zero-order valence-electron chi connectivity index (χ0n) is 16.4. The molecule has 29 heavy (non-hydrogen) atoms. The zero-order chi connectivity index (χ0) is 20.4. The van der Waals surface area contributed by atoms with E-state index >= 15 is 0 Å². The van der Waals surface area contributed by atoms with Crippen LogP contribution < -0.4 is 16.0 Å². The molecule has 2 aliphatic rings. The van der Waals surface area contributed by atoms with E-state index in [1.54, 1.807) is 11.3 Å². The van der Waals surface area contributed by atoms with Crippen LogP contribution in [0.1, 0.15) is 54.7 Å². The highest BCUT2D eigenvalue weighted by molar-refractivity contribution is 7.10. The fraction of sp³-hybridized carbons (Fsp3) is 0.409. The Morgan fingerprint density at radius 1 is 1.21 bits per heavy atom. The van der Waals surface area contributed by atoms with Gasteiger partial charge >= 0.3 is 6.03 Å². The second-order valence-corrected chi connectivity index (χ2v) is 8.80. The van der Waals surface area contributed by atoms with Gasteiger partial charge in [-0.05, 0) is 54.7 Å². The molecule has 152 valence electrons. The lowest BCUT2D eigenvalue weighted by Gasteiger charge is -2.34. The first-order valence-corrected chi connectivity index (χ1v) is 10.9. The summed E-state index contributed by atoms with van der Waals surface area (Å²) in [6.07, 6.45) is 3.09. The smallest absolute Gasteiger partial charge is 0.322 e. The number of carbonyl (C=O) groups excluding carboxylic acids is 3. The molecule has 6 nitrogen and oxygen atoms in total. The van der Waals surface area contributed by atoms with E-state index in [1.807, 2.05) is 17.5 Å². The number of benzene rings is 1. The molecule has 0 bridgehead atoms. The summed E-state index contributed by atoms with van der Waals surface area (Å²) in [7, 11) is 0. The van der Waals surface area contributed by atoms with Crippen molar-refractivity contribution in [1.82, 2.24) is 16.0 Å². The topological polar surface area (TPSA) is 87.3 Å². The Hall–Kier alpha value is -2.67. The summed E-state index contributed by atoms with van der Waals surface area (Å²) in [6, 6.07) is 11.8. The first-order valence-electron chi connectivity index (χ1n) is 10.1. The number of urea groups is 1. The maximum Gasteiger partial charge on any atom is 0.322 e. The van der Waals surface area contributed by atoms with Crippen molar-refractivity contribution in [3.05, 3.63) is 57.8 Å². The Balaban J connectivity index is 1.46. The van der Waals surface area contributed by atoms with Crippen molar-refractivity contribution in [2.24, 2.45) is 5.92 Å².